The third-order valence-electron chi connectivity index (χ3n) is 4.96. The molecule has 0 aliphatic carbocycles. The van der Waals surface area contributed by atoms with Crippen LogP contribution < -0.4 is 20.1 Å². The molecule has 0 unspecified atom stereocenters. The van der Waals surface area contributed by atoms with Gasteiger partial charge < -0.3 is 20.1 Å². The Labute approximate surface area is 208 Å². The molecule has 0 saturated carbocycles. The Balaban J connectivity index is 1.59. The molecule has 0 fully saturated rings. The van der Waals surface area contributed by atoms with Gasteiger partial charge in [0.1, 0.15) is 11.5 Å². The highest BCUT2D eigenvalue weighted by Crippen LogP contribution is 2.25. The fourth-order valence-electron chi connectivity index (χ4n) is 3.25. The Kier molecular flexibility index (Phi) is 9.98. The third-order valence-corrected chi connectivity index (χ3v) is 5.45. The SMILES string of the molecule is CCCCCCOc1ccc(Br)cc1C(=O)Nc1cccc(NC(=O)COc2ccccc2)c1. The molecule has 0 aromatic heterocycles. The molecule has 2 N–H and O–H groups in total. The van der Waals surface area contributed by atoms with Gasteiger partial charge in [0.25, 0.3) is 11.8 Å². The number of anilines is 2. The zero-order valence-corrected chi connectivity index (χ0v) is 20.8. The van der Waals surface area contributed by atoms with Crippen molar-refractivity contribution in [2.45, 2.75) is 32.6 Å². The average Bonchev–Trinajstić information content (AvgIpc) is 2.84. The number of carbonyl (C=O) groups is 2. The molecule has 0 radical (unpaired) electrons. The molecular weight excluding hydrogens is 496 g/mol. The molecule has 0 heterocycles. The van der Waals surface area contributed by atoms with Crippen molar-refractivity contribution in [1.29, 1.82) is 0 Å². The van der Waals surface area contributed by atoms with E-state index in [9.17, 15) is 9.59 Å². The van der Waals surface area contributed by atoms with Gasteiger partial charge in [-0.3, -0.25) is 9.59 Å². The monoisotopic (exact) mass is 524 g/mol. The van der Waals surface area contributed by atoms with Gasteiger partial charge in [0.05, 0.1) is 12.2 Å². The van der Waals surface area contributed by atoms with Crippen LogP contribution in [-0.4, -0.2) is 25.0 Å². The van der Waals surface area contributed by atoms with Gasteiger partial charge in [-0.15, -0.1) is 0 Å². The summed E-state index contributed by atoms with van der Waals surface area (Å²) in [5, 5.41) is 5.67. The van der Waals surface area contributed by atoms with Gasteiger partial charge in [-0.05, 0) is 55.0 Å². The maximum atomic E-state index is 13.0. The van der Waals surface area contributed by atoms with Crippen molar-refractivity contribution < 1.29 is 19.1 Å². The van der Waals surface area contributed by atoms with Crippen molar-refractivity contribution in [1.82, 2.24) is 0 Å². The number of hydrogen-bond donors (Lipinski definition) is 2. The van der Waals surface area contributed by atoms with Crippen LogP contribution in [0.15, 0.2) is 77.3 Å². The smallest absolute Gasteiger partial charge is 0.262 e. The topological polar surface area (TPSA) is 76.7 Å². The maximum absolute atomic E-state index is 13.0. The molecule has 7 heteroatoms. The second-order valence-corrected chi connectivity index (χ2v) is 8.65. The predicted octanol–water partition coefficient (Wildman–Crippen LogP) is 6.68. The summed E-state index contributed by atoms with van der Waals surface area (Å²) >= 11 is 3.43. The van der Waals surface area contributed by atoms with E-state index in [1.54, 1.807) is 48.5 Å². The number of rotatable bonds is 12. The van der Waals surface area contributed by atoms with Gasteiger partial charge in [-0.2, -0.15) is 0 Å². The quantitative estimate of drug-likeness (QED) is 0.259. The van der Waals surface area contributed by atoms with Crippen LogP contribution >= 0.6 is 15.9 Å². The fourth-order valence-corrected chi connectivity index (χ4v) is 3.61. The Hall–Kier alpha value is -3.32. The number of amides is 2. The summed E-state index contributed by atoms with van der Waals surface area (Å²) in [6.07, 6.45) is 4.37. The number of ether oxygens (including phenoxy) is 2. The summed E-state index contributed by atoms with van der Waals surface area (Å²) in [5.74, 6) is 0.578. The highest BCUT2D eigenvalue weighted by atomic mass is 79.9. The maximum Gasteiger partial charge on any atom is 0.262 e. The Morgan fingerprint density at radius 1 is 0.824 bits per heavy atom. The molecule has 2 amide bonds. The molecule has 0 bridgehead atoms. The summed E-state index contributed by atoms with van der Waals surface area (Å²) in [6, 6.07) is 21.5. The molecule has 0 aliphatic heterocycles. The standard InChI is InChI=1S/C27H29BrN2O4/c1-2-3-4-8-16-33-25-15-14-20(28)17-24(25)27(32)30-22-11-9-10-21(18-22)29-26(31)19-34-23-12-6-5-7-13-23/h5-7,9-15,17-18H,2-4,8,16,19H2,1H3,(H,29,31)(H,30,32). The molecule has 0 aliphatic rings. The van der Waals surface area contributed by atoms with Gasteiger partial charge in [0.2, 0.25) is 0 Å². The van der Waals surface area contributed by atoms with Gasteiger partial charge in [-0.1, -0.05) is 66.4 Å². The van der Waals surface area contributed by atoms with Gasteiger partial charge >= 0.3 is 0 Å². The van der Waals surface area contributed by atoms with Crippen LogP contribution in [0, 0.1) is 0 Å². The van der Waals surface area contributed by atoms with Gasteiger partial charge in [0.15, 0.2) is 6.61 Å². The van der Waals surface area contributed by atoms with E-state index in [2.05, 4.69) is 33.5 Å². The second-order valence-electron chi connectivity index (χ2n) is 7.73. The van der Waals surface area contributed by atoms with E-state index in [1.807, 2.05) is 24.3 Å². The van der Waals surface area contributed by atoms with Crippen molar-refractivity contribution in [2.24, 2.45) is 0 Å². The molecule has 3 aromatic carbocycles. The number of benzene rings is 3. The predicted molar refractivity (Wildman–Crippen MR) is 139 cm³/mol. The van der Waals surface area contributed by atoms with Gasteiger partial charge in [-0.25, -0.2) is 0 Å². The molecule has 0 atom stereocenters. The lowest BCUT2D eigenvalue weighted by atomic mass is 10.1. The van der Waals surface area contributed by atoms with Crippen LogP contribution in [0.3, 0.4) is 0 Å². The van der Waals surface area contributed by atoms with E-state index in [4.69, 9.17) is 9.47 Å². The number of hydrogen-bond acceptors (Lipinski definition) is 4. The molecule has 3 aromatic rings. The van der Waals surface area contributed by atoms with Crippen molar-refractivity contribution in [2.75, 3.05) is 23.8 Å². The van der Waals surface area contributed by atoms with Crippen molar-refractivity contribution in [3.8, 4) is 11.5 Å². The number of para-hydroxylation sites is 1. The van der Waals surface area contributed by atoms with E-state index >= 15 is 0 Å². The van der Waals surface area contributed by atoms with Crippen molar-refractivity contribution in [3.05, 3.63) is 82.8 Å². The van der Waals surface area contributed by atoms with E-state index in [1.165, 1.54) is 6.42 Å². The highest BCUT2D eigenvalue weighted by Gasteiger charge is 2.14. The molecule has 6 nitrogen and oxygen atoms in total. The first-order valence-corrected chi connectivity index (χ1v) is 12.2. The Morgan fingerprint density at radius 3 is 2.35 bits per heavy atom. The van der Waals surface area contributed by atoms with Crippen LogP contribution in [0.5, 0.6) is 11.5 Å². The van der Waals surface area contributed by atoms with E-state index in [-0.39, 0.29) is 18.4 Å². The average molecular weight is 525 g/mol. The highest BCUT2D eigenvalue weighted by molar-refractivity contribution is 9.10. The summed E-state index contributed by atoms with van der Waals surface area (Å²) < 4.78 is 12.1. The van der Waals surface area contributed by atoms with E-state index in [0.717, 1.165) is 23.7 Å². The van der Waals surface area contributed by atoms with Crippen LogP contribution in [0.25, 0.3) is 0 Å². The number of halogens is 1. The molecular formula is C27H29BrN2O4. The zero-order valence-electron chi connectivity index (χ0n) is 19.2. The fraction of sp³-hybridized carbons (Fsp3) is 0.259. The Bertz CT molecular complexity index is 1090. The first kappa shape index (κ1) is 25.3. The third kappa shape index (κ3) is 8.23. The van der Waals surface area contributed by atoms with E-state index in [0.29, 0.717) is 35.0 Å². The van der Waals surface area contributed by atoms with Crippen molar-refractivity contribution in [3.63, 3.8) is 0 Å². The first-order valence-electron chi connectivity index (χ1n) is 11.4. The zero-order chi connectivity index (χ0) is 24.2. The van der Waals surface area contributed by atoms with Crippen LogP contribution in [0.4, 0.5) is 11.4 Å². The minimum atomic E-state index is -0.293. The van der Waals surface area contributed by atoms with Crippen LogP contribution in [0.1, 0.15) is 43.0 Å². The van der Waals surface area contributed by atoms with Crippen LogP contribution in [-0.2, 0) is 4.79 Å². The molecule has 34 heavy (non-hydrogen) atoms. The minimum absolute atomic E-state index is 0.113. The Morgan fingerprint density at radius 2 is 1.59 bits per heavy atom. The molecule has 0 spiro atoms. The van der Waals surface area contributed by atoms with Gasteiger partial charge in [0, 0.05) is 15.8 Å². The van der Waals surface area contributed by atoms with Crippen LogP contribution in [0.2, 0.25) is 0 Å². The molecule has 0 saturated heterocycles. The largest absolute Gasteiger partial charge is 0.493 e. The molecule has 178 valence electrons. The second kappa shape index (κ2) is 13.4. The molecule has 3 rings (SSSR count). The summed E-state index contributed by atoms with van der Waals surface area (Å²) in [6.45, 7) is 2.61. The lowest BCUT2D eigenvalue weighted by molar-refractivity contribution is -0.118. The van der Waals surface area contributed by atoms with E-state index < -0.39 is 0 Å². The number of nitrogens with one attached hydrogen (secondary N) is 2. The first-order chi connectivity index (χ1) is 16.5. The number of carbonyl (C=O) groups excluding carboxylic acids is 2. The number of unbranched alkanes of at least 4 members (excludes halogenated alkanes) is 3. The van der Waals surface area contributed by atoms with Crippen molar-refractivity contribution >= 4 is 39.1 Å². The lowest BCUT2D eigenvalue weighted by Crippen LogP contribution is -2.20. The lowest BCUT2D eigenvalue weighted by Gasteiger charge is -2.13. The summed E-state index contributed by atoms with van der Waals surface area (Å²) in [5.41, 5.74) is 1.55. The minimum Gasteiger partial charge on any atom is -0.493 e. The summed E-state index contributed by atoms with van der Waals surface area (Å²) in [7, 11) is 0. The normalized spacial score (nSPS) is 10.4. The summed E-state index contributed by atoms with van der Waals surface area (Å²) in [4.78, 5) is 25.2.